The molecule has 1 aliphatic heterocycles. The molecule has 1 heterocycles. The van der Waals surface area contributed by atoms with E-state index in [-0.39, 0.29) is 5.75 Å². The van der Waals surface area contributed by atoms with Crippen LogP contribution in [0.2, 0.25) is 0 Å². The van der Waals surface area contributed by atoms with E-state index in [4.69, 9.17) is 4.74 Å². The van der Waals surface area contributed by atoms with Crippen molar-refractivity contribution in [3.8, 4) is 0 Å². The number of sulfone groups is 1. The minimum absolute atomic E-state index is 0.229. The Morgan fingerprint density at radius 3 is 2.58 bits per heavy atom. The first-order valence-electron chi connectivity index (χ1n) is 4.08. The molecule has 0 unspecified atom stereocenters. The normalized spacial score (nSPS) is 19.1. The monoisotopic (exact) mass is 193 g/mol. The summed E-state index contributed by atoms with van der Waals surface area (Å²) in [7, 11) is -2.81. The maximum absolute atomic E-state index is 10.7. The van der Waals surface area contributed by atoms with Gasteiger partial charge in [-0.2, -0.15) is 0 Å². The molecule has 0 amide bonds. The van der Waals surface area contributed by atoms with E-state index in [2.05, 4.69) is 5.32 Å². The summed E-state index contributed by atoms with van der Waals surface area (Å²) in [5, 5.41) is 3.08. The van der Waals surface area contributed by atoms with Crippen LogP contribution in [0.3, 0.4) is 0 Å². The molecule has 0 saturated carbocycles. The lowest BCUT2D eigenvalue weighted by molar-refractivity contribution is 0.0197. The second-order valence-corrected chi connectivity index (χ2v) is 5.39. The third-order valence-corrected chi connectivity index (χ3v) is 2.79. The molecule has 1 fully saturated rings. The third-order valence-electron chi connectivity index (χ3n) is 1.76. The van der Waals surface area contributed by atoms with Crippen molar-refractivity contribution in [2.75, 3.05) is 31.7 Å². The molecule has 1 N–H and O–H groups in total. The Kier molecular flexibility index (Phi) is 3.49. The summed E-state index contributed by atoms with van der Waals surface area (Å²) in [6.45, 7) is 2.36. The number of hydrogen-bond donors (Lipinski definition) is 1. The smallest absolute Gasteiger partial charge is 0.147 e. The lowest BCUT2D eigenvalue weighted by atomic mass is 10.2. The van der Waals surface area contributed by atoms with Gasteiger partial charge in [-0.05, 0) is 6.42 Å². The first-order valence-corrected chi connectivity index (χ1v) is 6.14. The highest BCUT2D eigenvalue weighted by Gasteiger charge is 2.16. The molecule has 1 saturated heterocycles. The molecule has 0 aromatic rings. The highest BCUT2D eigenvalue weighted by molar-refractivity contribution is 7.90. The first kappa shape index (κ1) is 9.95. The molecule has 12 heavy (non-hydrogen) atoms. The van der Waals surface area contributed by atoms with Gasteiger partial charge in [0, 0.05) is 26.0 Å². The van der Waals surface area contributed by atoms with Gasteiger partial charge in [0.1, 0.15) is 9.84 Å². The van der Waals surface area contributed by atoms with Crippen LogP contribution in [-0.4, -0.2) is 46.2 Å². The molecule has 0 atom stereocenters. The molecule has 0 spiro atoms. The molecule has 1 aliphatic rings. The van der Waals surface area contributed by atoms with Crippen LogP contribution in [0.25, 0.3) is 0 Å². The topological polar surface area (TPSA) is 55.4 Å². The number of nitrogens with one attached hydrogen (secondary N) is 1. The Bertz CT molecular complexity index is 221. The summed E-state index contributed by atoms with van der Waals surface area (Å²) in [6.07, 6.45) is 2.16. The van der Waals surface area contributed by atoms with E-state index >= 15 is 0 Å². The SMILES string of the molecule is CS(=O)(=O)CCCOC1CNC1. The molecular formula is C7H15NO3S. The van der Waals surface area contributed by atoms with Crippen molar-refractivity contribution in [1.82, 2.24) is 5.32 Å². The van der Waals surface area contributed by atoms with Crippen LogP contribution in [0.1, 0.15) is 6.42 Å². The predicted octanol–water partition coefficient (Wildman–Crippen LogP) is -0.590. The van der Waals surface area contributed by atoms with E-state index < -0.39 is 9.84 Å². The molecule has 0 aliphatic carbocycles. The van der Waals surface area contributed by atoms with E-state index in [1.54, 1.807) is 0 Å². The fourth-order valence-corrected chi connectivity index (χ4v) is 1.59. The zero-order chi connectivity index (χ0) is 9.03. The van der Waals surface area contributed by atoms with E-state index in [1.165, 1.54) is 6.26 Å². The van der Waals surface area contributed by atoms with Gasteiger partial charge in [-0.15, -0.1) is 0 Å². The summed E-state index contributed by atoms with van der Waals surface area (Å²) in [6, 6.07) is 0. The molecular weight excluding hydrogens is 178 g/mol. The predicted molar refractivity (Wildman–Crippen MR) is 46.9 cm³/mol. The van der Waals surface area contributed by atoms with E-state index in [1.807, 2.05) is 0 Å². The summed E-state index contributed by atoms with van der Waals surface area (Å²) in [4.78, 5) is 0. The molecule has 0 aromatic carbocycles. The molecule has 5 heteroatoms. The first-order chi connectivity index (χ1) is 5.58. The lowest BCUT2D eigenvalue weighted by Gasteiger charge is -2.26. The van der Waals surface area contributed by atoms with Gasteiger partial charge < -0.3 is 10.1 Å². The van der Waals surface area contributed by atoms with E-state index in [9.17, 15) is 8.42 Å². The Balaban J connectivity index is 1.95. The maximum Gasteiger partial charge on any atom is 0.147 e. The molecule has 0 radical (unpaired) electrons. The summed E-state index contributed by atoms with van der Waals surface area (Å²) < 4.78 is 26.7. The minimum Gasteiger partial charge on any atom is -0.376 e. The third kappa shape index (κ3) is 4.04. The van der Waals surface area contributed by atoms with Gasteiger partial charge >= 0.3 is 0 Å². The Morgan fingerprint density at radius 2 is 2.17 bits per heavy atom. The Hall–Kier alpha value is -0.130. The van der Waals surface area contributed by atoms with Crippen molar-refractivity contribution >= 4 is 9.84 Å². The highest BCUT2D eigenvalue weighted by Crippen LogP contribution is 1.99. The largest absolute Gasteiger partial charge is 0.376 e. The summed E-state index contributed by atoms with van der Waals surface area (Å²) in [5.41, 5.74) is 0. The molecule has 0 aromatic heterocycles. The van der Waals surface area contributed by atoms with Gasteiger partial charge in [0.15, 0.2) is 0 Å². The van der Waals surface area contributed by atoms with Crippen LogP contribution >= 0.6 is 0 Å². The molecule has 72 valence electrons. The Labute approximate surface area is 73.2 Å². The minimum atomic E-state index is -2.81. The van der Waals surface area contributed by atoms with Crippen molar-refractivity contribution in [3.05, 3.63) is 0 Å². The average molecular weight is 193 g/mol. The Morgan fingerprint density at radius 1 is 1.50 bits per heavy atom. The molecule has 1 rings (SSSR count). The maximum atomic E-state index is 10.7. The van der Waals surface area contributed by atoms with E-state index in [0.717, 1.165) is 13.1 Å². The standard InChI is InChI=1S/C7H15NO3S/c1-12(9,10)4-2-3-11-7-5-8-6-7/h7-8H,2-6H2,1H3. The van der Waals surface area contributed by atoms with Crippen molar-refractivity contribution in [3.63, 3.8) is 0 Å². The van der Waals surface area contributed by atoms with Crippen molar-refractivity contribution in [2.45, 2.75) is 12.5 Å². The van der Waals surface area contributed by atoms with Crippen LogP contribution in [0.15, 0.2) is 0 Å². The van der Waals surface area contributed by atoms with E-state index in [0.29, 0.717) is 19.1 Å². The quantitative estimate of drug-likeness (QED) is 0.593. The fourth-order valence-electron chi connectivity index (χ4n) is 0.951. The van der Waals surface area contributed by atoms with Gasteiger partial charge in [0.25, 0.3) is 0 Å². The zero-order valence-corrected chi connectivity index (χ0v) is 8.06. The van der Waals surface area contributed by atoms with Crippen LogP contribution in [0, 0.1) is 0 Å². The van der Waals surface area contributed by atoms with Gasteiger partial charge in [0.2, 0.25) is 0 Å². The van der Waals surface area contributed by atoms with Gasteiger partial charge in [-0.1, -0.05) is 0 Å². The van der Waals surface area contributed by atoms with Crippen molar-refractivity contribution < 1.29 is 13.2 Å². The van der Waals surface area contributed by atoms with Crippen LogP contribution in [0.4, 0.5) is 0 Å². The zero-order valence-electron chi connectivity index (χ0n) is 7.25. The summed E-state index contributed by atoms with van der Waals surface area (Å²) in [5.74, 6) is 0.229. The fraction of sp³-hybridized carbons (Fsp3) is 1.00. The number of ether oxygens (including phenoxy) is 1. The van der Waals surface area contributed by atoms with Gasteiger partial charge in [-0.3, -0.25) is 0 Å². The second kappa shape index (κ2) is 4.20. The average Bonchev–Trinajstić information content (AvgIpc) is 1.80. The lowest BCUT2D eigenvalue weighted by Crippen LogP contribution is -2.48. The van der Waals surface area contributed by atoms with Crippen molar-refractivity contribution in [2.24, 2.45) is 0 Å². The van der Waals surface area contributed by atoms with Crippen LogP contribution < -0.4 is 5.32 Å². The van der Waals surface area contributed by atoms with Gasteiger partial charge in [-0.25, -0.2) is 8.42 Å². The van der Waals surface area contributed by atoms with Gasteiger partial charge in [0.05, 0.1) is 11.9 Å². The molecule has 4 nitrogen and oxygen atoms in total. The van der Waals surface area contributed by atoms with Crippen LogP contribution in [-0.2, 0) is 14.6 Å². The second-order valence-electron chi connectivity index (χ2n) is 3.13. The highest BCUT2D eigenvalue weighted by atomic mass is 32.2. The summed E-state index contributed by atoms with van der Waals surface area (Å²) >= 11 is 0. The molecule has 0 bridgehead atoms. The number of rotatable bonds is 5. The number of hydrogen-bond acceptors (Lipinski definition) is 4. The van der Waals surface area contributed by atoms with Crippen molar-refractivity contribution in [1.29, 1.82) is 0 Å². The van der Waals surface area contributed by atoms with Crippen LogP contribution in [0.5, 0.6) is 0 Å².